The van der Waals surface area contributed by atoms with E-state index in [9.17, 15) is 9.90 Å². The summed E-state index contributed by atoms with van der Waals surface area (Å²) >= 11 is 0. The molecule has 20 heavy (non-hydrogen) atoms. The van der Waals surface area contributed by atoms with Crippen LogP contribution in [0.15, 0.2) is 6.20 Å². The Morgan fingerprint density at radius 1 is 1.35 bits per heavy atom. The summed E-state index contributed by atoms with van der Waals surface area (Å²) in [5.41, 5.74) is 0. The van der Waals surface area contributed by atoms with Crippen LogP contribution in [0.1, 0.15) is 40.0 Å². The van der Waals surface area contributed by atoms with Crippen molar-refractivity contribution in [2.75, 3.05) is 23.8 Å². The van der Waals surface area contributed by atoms with E-state index in [0.717, 1.165) is 0 Å². The first-order valence-electron chi connectivity index (χ1n) is 6.73. The number of carbonyl (C=O) groups is 1. The lowest BCUT2D eigenvalue weighted by Crippen LogP contribution is -2.11. The van der Waals surface area contributed by atoms with Crippen molar-refractivity contribution in [3.05, 3.63) is 6.20 Å². The predicted octanol–water partition coefficient (Wildman–Crippen LogP) is 1.74. The van der Waals surface area contributed by atoms with Crippen LogP contribution in [-0.2, 0) is 4.79 Å². The van der Waals surface area contributed by atoms with Crippen molar-refractivity contribution in [1.82, 2.24) is 9.97 Å². The molecule has 0 atom stereocenters. The van der Waals surface area contributed by atoms with E-state index in [1.807, 2.05) is 0 Å². The Morgan fingerprint density at radius 2 is 2.00 bits per heavy atom. The summed E-state index contributed by atoms with van der Waals surface area (Å²) in [6.07, 6.45) is 4.37. The summed E-state index contributed by atoms with van der Waals surface area (Å²) in [7, 11) is 0. The third-order valence-corrected chi connectivity index (χ3v) is 2.18. The Kier molecular flexibility index (Phi) is 9.94. The fourth-order valence-electron chi connectivity index (χ4n) is 1.01. The lowest BCUT2D eigenvalue weighted by Gasteiger charge is -2.07. The van der Waals surface area contributed by atoms with Gasteiger partial charge in [-0.05, 0) is 6.42 Å². The molecular weight excluding hydrogens is 260 g/mol. The van der Waals surface area contributed by atoms with Crippen LogP contribution in [0.4, 0.5) is 11.8 Å². The van der Waals surface area contributed by atoms with Crippen LogP contribution in [0.3, 0.4) is 0 Å². The molecule has 0 radical (unpaired) electrons. The number of unbranched alkanes of at least 4 members (excludes halogenated alkanes) is 1. The van der Waals surface area contributed by atoms with E-state index in [1.165, 1.54) is 26.0 Å². The lowest BCUT2D eigenvalue weighted by atomic mass is 10.4. The van der Waals surface area contributed by atoms with Gasteiger partial charge in [-0.3, -0.25) is 10.1 Å². The van der Waals surface area contributed by atoms with Gasteiger partial charge in [0, 0.05) is 20.1 Å². The monoisotopic (exact) mass is 284 g/mol. The number of rotatable bonds is 6. The molecule has 0 aliphatic rings. The van der Waals surface area contributed by atoms with Crippen LogP contribution in [0.25, 0.3) is 0 Å². The second kappa shape index (κ2) is 11.0. The van der Waals surface area contributed by atoms with Crippen molar-refractivity contribution < 1.29 is 15.0 Å². The third-order valence-electron chi connectivity index (χ3n) is 2.18. The van der Waals surface area contributed by atoms with E-state index in [2.05, 4.69) is 34.4 Å². The van der Waals surface area contributed by atoms with Gasteiger partial charge in [-0.2, -0.15) is 4.98 Å². The molecule has 1 aromatic rings. The van der Waals surface area contributed by atoms with Gasteiger partial charge in [-0.15, -0.1) is 0 Å². The van der Waals surface area contributed by atoms with Gasteiger partial charge in [0.2, 0.25) is 11.9 Å². The molecule has 1 heterocycles. The maximum absolute atomic E-state index is 10.8. The summed E-state index contributed by atoms with van der Waals surface area (Å²) in [6, 6.07) is 0. The Labute approximate surface area is 119 Å². The Bertz CT molecular complexity index is 397. The number of nitrogens with zero attached hydrogens (tertiary/aromatic N) is 2. The molecule has 7 nitrogen and oxygen atoms in total. The zero-order chi connectivity index (χ0) is 15.4. The fourth-order valence-corrected chi connectivity index (χ4v) is 1.01. The van der Waals surface area contributed by atoms with Crippen molar-refractivity contribution in [3.8, 4) is 5.75 Å². The number of aromatic nitrogens is 2. The molecule has 1 aromatic heterocycles. The van der Waals surface area contributed by atoms with E-state index in [4.69, 9.17) is 5.11 Å². The number of aromatic hydroxyl groups is 1. The standard InChI is InChI=1S/C9H14N4O3.C4H10/c1-6(15)12-9-11-5-7(16)8(13-9)10-3-2-4-14;1-3-4-2/h5,14,16H,2-4H2,1H3,(H2,10,11,12,13,15);3-4H2,1-2H3. The minimum Gasteiger partial charge on any atom is -0.503 e. The molecule has 0 fully saturated rings. The number of aliphatic hydroxyl groups excluding tert-OH is 1. The quantitative estimate of drug-likeness (QED) is 0.593. The number of aliphatic hydroxyl groups is 1. The zero-order valence-corrected chi connectivity index (χ0v) is 12.3. The highest BCUT2D eigenvalue weighted by atomic mass is 16.3. The van der Waals surface area contributed by atoms with Gasteiger partial charge in [0.15, 0.2) is 11.6 Å². The molecule has 7 heteroatoms. The fraction of sp³-hybridized carbons (Fsp3) is 0.615. The highest BCUT2D eigenvalue weighted by molar-refractivity contribution is 5.86. The van der Waals surface area contributed by atoms with Crippen LogP contribution in [0.2, 0.25) is 0 Å². The van der Waals surface area contributed by atoms with E-state index >= 15 is 0 Å². The van der Waals surface area contributed by atoms with Gasteiger partial charge in [0.05, 0.1) is 6.20 Å². The van der Waals surface area contributed by atoms with Gasteiger partial charge in [-0.25, -0.2) is 4.98 Å². The largest absolute Gasteiger partial charge is 0.503 e. The molecule has 0 spiro atoms. The highest BCUT2D eigenvalue weighted by Crippen LogP contribution is 2.19. The summed E-state index contributed by atoms with van der Waals surface area (Å²) < 4.78 is 0. The number of hydrogen-bond acceptors (Lipinski definition) is 6. The highest BCUT2D eigenvalue weighted by Gasteiger charge is 2.06. The molecule has 0 aliphatic heterocycles. The Balaban J connectivity index is 0.000000796. The van der Waals surface area contributed by atoms with Gasteiger partial charge >= 0.3 is 0 Å². The number of hydrogen-bond donors (Lipinski definition) is 4. The first-order chi connectivity index (χ1) is 9.54. The van der Waals surface area contributed by atoms with Gasteiger partial charge < -0.3 is 15.5 Å². The van der Waals surface area contributed by atoms with E-state index in [1.54, 1.807) is 0 Å². The van der Waals surface area contributed by atoms with Crippen LogP contribution < -0.4 is 10.6 Å². The van der Waals surface area contributed by atoms with Crippen molar-refractivity contribution in [1.29, 1.82) is 0 Å². The summed E-state index contributed by atoms with van der Waals surface area (Å²) in [4.78, 5) is 18.4. The molecule has 0 aromatic carbocycles. The molecule has 0 unspecified atom stereocenters. The molecule has 0 saturated carbocycles. The normalized spacial score (nSPS) is 9.40. The van der Waals surface area contributed by atoms with Crippen LogP contribution in [0, 0.1) is 0 Å². The van der Waals surface area contributed by atoms with E-state index in [0.29, 0.717) is 13.0 Å². The molecular formula is C13H24N4O3. The van der Waals surface area contributed by atoms with Gasteiger partial charge in [-0.1, -0.05) is 26.7 Å². The number of nitrogens with one attached hydrogen (secondary N) is 2. The Morgan fingerprint density at radius 3 is 2.50 bits per heavy atom. The van der Waals surface area contributed by atoms with Crippen molar-refractivity contribution in [2.45, 2.75) is 40.0 Å². The number of anilines is 2. The molecule has 0 saturated heterocycles. The molecule has 114 valence electrons. The van der Waals surface area contributed by atoms with Crippen LogP contribution >= 0.6 is 0 Å². The van der Waals surface area contributed by atoms with Crippen LogP contribution in [0.5, 0.6) is 5.75 Å². The summed E-state index contributed by atoms with van der Waals surface area (Å²) in [5, 5.41) is 23.2. The first kappa shape index (κ1) is 18.1. The summed E-state index contributed by atoms with van der Waals surface area (Å²) in [6.45, 7) is 6.23. The molecule has 1 amide bonds. The minimum absolute atomic E-state index is 0.0530. The molecule has 1 rings (SSSR count). The van der Waals surface area contributed by atoms with E-state index < -0.39 is 0 Å². The lowest BCUT2D eigenvalue weighted by molar-refractivity contribution is -0.114. The number of carbonyl (C=O) groups excluding carboxylic acids is 1. The van der Waals surface area contributed by atoms with E-state index in [-0.39, 0.29) is 30.0 Å². The second-order valence-electron chi connectivity index (χ2n) is 4.11. The molecule has 0 aliphatic carbocycles. The molecule has 0 bridgehead atoms. The van der Waals surface area contributed by atoms with Gasteiger partial charge in [0.25, 0.3) is 0 Å². The first-order valence-corrected chi connectivity index (χ1v) is 6.73. The zero-order valence-electron chi connectivity index (χ0n) is 12.3. The maximum atomic E-state index is 10.8. The third kappa shape index (κ3) is 8.25. The Hall–Kier alpha value is -1.89. The average molecular weight is 284 g/mol. The van der Waals surface area contributed by atoms with Crippen molar-refractivity contribution in [3.63, 3.8) is 0 Å². The number of amides is 1. The van der Waals surface area contributed by atoms with Crippen LogP contribution in [-0.4, -0.2) is 39.2 Å². The van der Waals surface area contributed by atoms with Crippen molar-refractivity contribution >= 4 is 17.7 Å². The maximum Gasteiger partial charge on any atom is 0.231 e. The van der Waals surface area contributed by atoms with Crippen molar-refractivity contribution in [2.24, 2.45) is 0 Å². The smallest absolute Gasteiger partial charge is 0.231 e. The molecule has 4 N–H and O–H groups in total. The SMILES string of the molecule is CC(=O)Nc1ncc(O)c(NCCCO)n1.CCCC. The second-order valence-corrected chi connectivity index (χ2v) is 4.11. The average Bonchev–Trinajstić information content (AvgIpc) is 2.42. The topological polar surface area (TPSA) is 107 Å². The summed E-state index contributed by atoms with van der Waals surface area (Å²) in [5.74, 6) is -0.0389. The van der Waals surface area contributed by atoms with Gasteiger partial charge in [0.1, 0.15) is 0 Å². The predicted molar refractivity (Wildman–Crippen MR) is 78.8 cm³/mol. The minimum atomic E-state index is -0.285.